The van der Waals surface area contributed by atoms with Crippen LogP contribution in [0.25, 0.3) is 16.9 Å². The quantitative estimate of drug-likeness (QED) is 0.620. The van der Waals surface area contributed by atoms with Crippen LogP contribution in [0.3, 0.4) is 0 Å². The maximum absolute atomic E-state index is 6.42. The van der Waals surface area contributed by atoms with Crippen molar-refractivity contribution in [3.8, 4) is 5.69 Å². The Balaban J connectivity index is 1.41. The molecule has 0 bridgehead atoms. The van der Waals surface area contributed by atoms with E-state index in [0.717, 1.165) is 38.4 Å². The van der Waals surface area contributed by atoms with Gasteiger partial charge in [0.1, 0.15) is 17.0 Å². The Kier molecular flexibility index (Phi) is 4.62. The van der Waals surface area contributed by atoms with Crippen molar-refractivity contribution in [2.45, 2.75) is 31.9 Å². The summed E-state index contributed by atoms with van der Waals surface area (Å²) in [4.78, 5) is 15.7. The maximum Gasteiger partial charge on any atom is 0.181 e. The van der Waals surface area contributed by atoms with Gasteiger partial charge in [0.2, 0.25) is 0 Å². The fourth-order valence-electron chi connectivity index (χ4n) is 4.37. The van der Waals surface area contributed by atoms with E-state index in [0.29, 0.717) is 21.9 Å². The first kappa shape index (κ1) is 19.0. The van der Waals surface area contributed by atoms with Gasteiger partial charge in [0.15, 0.2) is 10.8 Å². The van der Waals surface area contributed by atoms with E-state index in [-0.39, 0.29) is 22.7 Å². The molecule has 5 rings (SSSR count). The molecule has 0 saturated carbocycles. The lowest BCUT2D eigenvalue weighted by atomic mass is 9.73. The van der Waals surface area contributed by atoms with Crippen LogP contribution in [0.5, 0.6) is 0 Å². The van der Waals surface area contributed by atoms with Gasteiger partial charge in [0.05, 0.1) is 30.1 Å². The number of nitrogens with two attached hydrogens (primary N) is 1. The third-order valence-electron chi connectivity index (χ3n) is 6.23. The predicted octanol–water partition coefficient (Wildman–Crippen LogP) is 2.85. The van der Waals surface area contributed by atoms with E-state index in [1.165, 1.54) is 0 Å². The van der Waals surface area contributed by atoms with Crippen molar-refractivity contribution in [1.29, 1.82) is 0 Å². The number of anilines is 1. The molecule has 29 heavy (non-hydrogen) atoms. The number of ether oxygens (including phenoxy) is 1. The zero-order valence-electron chi connectivity index (χ0n) is 15.9. The van der Waals surface area contributed by atoms with E-state index in [2.05, 4.69) is 26.9 Å². The van der Waals surface area contributed by atoms with E-state index >= 15 is 0 Å². The summed E-state index contributed by atoms with van der Waals surface area (Å²) in [6, 6.07) is 1.75. The Hall–Kier alpha value is -2.00. The molecule has 0 unspecified atom stereocenters. The second-order valence-electron chi connectivity index (χ2n) is 7.82. The Morgan fingerprint density at radius 2 is 2.00 bits per heavy atom. The molecule has 2 aliphatic rings. The normalized spacial score (nSPS) is 23.9. The van der Waals surface area contributed by atoms with Crippen LogP contribution < -0.4 is 10.6 Å². The first-order chi connectivity index (χ1) is 14.0. The largest absolute Gasteiger partial charge is 0.376 e. The highest BCUT2D eigenvalue weighted by Gasteiger charge is 2.47. The summed E-state index contributed by atoms with van der Waals surface area (Å²) in [5.41, 5.74) is 8.25. The van der Waals surface area contributed by atoms with Crippen molar-refractivity contribution >= 4 is 40.2 Å². The number of pyridine rings is 1. The first-order valence-corrected chi connectivity index (χ1v) is 10.4. The summed E-state index contributed by atoms with van der Waals surface area (Å²) in [5, 5.41) is 5.09. The van der Waals surface area contributed by atoms with Gasteiger partial charge in [-0.15, -0.1) is 0 Å². The van der Waals surface area contributed by atoms with Gasteiger partial charge in [0.25, 0.3) is 0 Å². The number of fused-ring (bicyclic) bond motifs is 1. The number of piperidine rings is 1. The van der Waals surface area contributed by atoms with Crippen LogP contribution in [0.2, 0.25) is 10.2 Å². The Bertz CT molecular complexity index is 1040. The summed E-state index contributed by atoms with van der Waals surface area (Å²) in [7, 11) is 0. The molecule has 2 atom stereocenters. The summed E-state index contributed by atoms with van der Waals surface area (Å²) in [6.45, 7) is 4.55. The van der Waals surface area contributed by atoms with Crippen molar-refractivity contribution in [3.63, 3.8) is 0 Å². The van der Waals surface area contributed by atoms with Crippen LogP contribution in [-0.4, -0.2) is 56.6 Å². The standard InChI is InChI=1S/C19H21Cl2N7O/c1-11-16(22)19(10-29-11)3-6-27(7-4-19)14-9-24-18-13(26-14)8-25-28(18)15-12(20)2-5-23-17(15)21/h2,5,8-9,11,16H,3-4,6-7,10,22H2,1H3/t11-,16+/m0/s1. The van der Waals surface area contributed by atoms with Crippen molar-refractivity contribution in [2.75, 3.05) is 24.6 Å². The van der Waals surface area contributed by atoms with E-state index in [1.54, 1.807) is 29.3 Å². The van der Waals surface area contributed by atoms with Crippen molar-refractivity contribution in [1.82, 2.24) is 24.7 Å². The predicted molar refractivity (Wildman–Crippen MR) is 112 cm³/mol. The van der Waals surface area contributed by atoms with Crippen molar-refractivity contribution in [3.05, 3.63) is 34.8 Å². The zero-order valence-corrected chi connectivity index (χ0v) is 17.4. The first-order valence-electron chi connectivity index (χ1n) is 9.62. The molecular weight excluding hydrogens is 413 g/mol. The van der Waals surface area contributed by atoms with Crippen LogP contribution in [0.4, 0.5) is 5.82 Å². The number of halogens is 2. The van der Waals surface area contributed by atoms with Crippen LogP contribution >= 0.6 is 23.2 Å². The highest BCUT2D eigenvalue weighted by Crippen LogP contribution is 2.41. The van der Waals surface area contributed by atoms with Gasteiger partial charge in [-0.3, -0.25) is 0 Å². The van der Waals surface area contributed by atoms with E-state index in [4.69, 9.17) is 38.7 Å². The monoisotopic (exact) mass is 433 g/mol. The Morgan fingerprint density at radius 1 is 1.21 bits per heavy atom. The molecule has 0 aromatic carbocycles. The SMILES string of the molecule is C[C@@H]1OCC2(CCN(c3cnc4c(cnn4-c4c(Cl)ccnc4Cl)n3)CC2)[C@@H]1N. The molecule has 2 saturated heterocycles. The lowest BCUT2D eigenvalue weighted by molar-refractivity contribution is 0.0974. The molecule has 152 valence electrons. The van der Waals surface area contributed by atoms with Gasteiger partial charge in [-0.1, -0.05) is 23.2 Å². The molecule has 10 heteroatoms. The molecular formula is C19H21Cl2N7O. The third kappa shape index (κ3) is 3.06. The van der Waals surface area contributed by atoms with Gasteiger partial charge in [-0.2, -0.15) is 5.10 Å². The van der Waals surface area contributed by atoms with Gasteiger partial charge < -0.3 is 15.4 Å². The third-order valence-corrected chi connectivity index (χ3v) is 6.82. The summed E-state index contributed by atoms with van der Waals surface area (Å²) in [5.74, 6) is 0.829. The molecule has 1 spiro atoms. The van der Waals surface area contributed by atoms with Gasteiger partial charge >= 0.3 is 0 Å². The molecule has 5 heterocycles. The van der Waals surface area contributed by atoms with Crippen LogP contribution in [-0.2, 0) is 4.74 Å². The maximum atomic E-state index is 6.42. The second-order valence-corrected chi connectivity index (χ2v) is 8.58. The molecule has 8 nitrogen and oxygen atoms in total. The molecule has 2 N–H and O–H groups in total. The lowest BCUT2D eigenvalue weighted by Gasteiger charge is -2.41. The minimum atomic E-state index is 0.0755. The van der Waals surface area contributed by atoms with E-state index < -0.39 is 0 Å². The lowest BCUT2D eigenvalue weighted by Crippen LogP contribution is -2.50. The summed E-state index contributed by atoms with van der Waals surface area (Å²) in [6.07, 6.45) is 7.07. The highest BCUT2D eigenvalue weighted by atomic mass is 35.5. The number of nitrogens with zero attached hydrogens (tertiary/aromatic N) is 6. The number of aromatic nitrogens is 5. The average Bonchev–Trinajstić information content (AvgIpc) is 3.25. The smallest absolute Gasteiger partial charge is 0.181 e. The van der Waals surface area contributed by atoms with Crippen molar-refractivity contribution < 1.29 is 4.74 Å². The van der Waals surface area contributed by atoms with Crippen molar-refractivity contribution in [2.24, 2.45) is 11.1 Å². The topological polar surface area (TPSA) is 95.0 Å². The van der Waals surface area contributed by atoms with Crippen LogP contribution in [0.1, 0.15) is 19.8 Å². The minimum Gasteiger partial charge on any atom is -0.376 e. The molecule has 0 amide bonds. The van der Waals surface area contributed by atoms with E-state index in [9.17, 15) is 0 Å². The number of hydrogen-bond donors (Lipinski definition) is 1. The van der Waals surface area contributed by atoms with Gasteiger partial charge in [0, 0.05) is 30.7 Å². The average molecular weight is 434 g/mol. The number of rotatable bonds is 2. The molecule has 0 aliphatic carbocycles. The molecule has 3 aromatic rings. The molecule has 2 aliphatic heterocycles. The second kappa shape index (κ2) is 7.05. The van der Waals surface area contributed by atoms with Crippen LogP contribution in [0, 0.1) is 5.41 Å². The van der Waals surface area contributed by atoms with Crippen LogP contribution in [0.15, 0.2) is 24.7 Å². The molecule has 0 radical (unpaired) electrons. The number of hydrogen-bond acceptors (Lipinski definition) is 7. The fourth-order valence-corrected chi connectivity index (χ4v) is 4.88. The van der Waals surface area contributed by atoms with E-state index in [1.807, 2.05) is 0 Å². The Morgan fingerprint density at radius 3 is 2.69 bits per heavy atom. The highest BCUT2D eigenvalue weighted by molar-refractivity contribution is 6.37. The zero-order chi connectivity index (χ0) is 20.2. The molecule has 3 aromatic heterocycles. The van der Waals surface area contributed by atoms with Gasteiger partial charge in [-0.05, 0) is 25.8 Å². The molecule has 2 fully saturated rings. The summed E-state index contributed by atoms with van der Waals surface area (Å²) < 4.78 is 7.39. The fraction of sp³-hybridized carbons (Fsp3) is 0.474. The van der Waals surface area contributed by atoms with Gasteiger partial charge in [-0.25, -0.2) is 19.6 Å². The minimum absolute atomic E-state index is 0.0755. The Labute approximate surface area is 178 Å². The summed E-state index contributed by atoms with van der Waals surface area (Å²) >= 11 is 12.5.